The third kappa shape index (κ3) is 3.97. The molecular formula is C17H29ClN2. The first-order valence-electron chi connectivity index (χ1n) is 7.69. The Balaban J connectivity index is 2.97. The number of nitrogens with zero attached hydrogens (tertiary/aromatic N) is 1. The van der Waals surface area contributed by atoms with Gasteiger partial charge in [0, 0.05) is 23.1 Å². The second kappa shape index (κ2) is 8.02. The number of rotatable bonds is 8. The average Bonchev–Trinajstić information content (AvgIpc) is 2.46. The van der Waals surface area contributed by atoms with Crippen molar-refractivity contribution < 1.29 is 0 Å². The van der Waals surface area contributed by atoms with Crippen molar-refractivity contribution in [2.75, 3.05) is 13.6 Å². The van der Waals surface area contributed by atoms with Crippen molar-refractivity contribution >= 4 is 11.6 Å². The molecule has 1 unspecified atom stereocenters. The van der Waals surface area contributed by atoms with E-state index < -0.39 is 0 Å². The van der Waals surface area contributed by atoms with Gasteiger partial charge in [0.1, 0.15) is 0 Å². The molecule has 0 fully saturated rings. The summed E-state index contributed by atoms with van der Waals surface area (Å²) < 4.78 is 0. The molecule has 3 heteroatoms. The number of likely N-dealkylation sites (N-methyl/N-ethyl adjacent to an activating group) is 1. The van der Waals surface area contributed by atoms with Gasteiger partial charge in [-0.3, -0.25) is 4.90 Å². The lowest BCUT2D eigenvalue weighted by Gasteiger charge is -2.45. The van der Waals surface area contributed by atoms with Gasteiger partial charge < -0.3 is 5.73 Å². The summed E-state index contributed by atoms with van der Waals surface area (Å²) in [6, 6.07) is 8.50. The van der Waals surface area contributed by atoms with Crippen LogP contribution in [0, 0.1) is 0 Å². The zero-order valence-corrected chi connectivity index (χ0v) is 14.1. The predicted octanol–water partition coefficient (Wildman–Crippen LogP) is 4.63. The molecule has 0 spiro atoms. The van der Waals surface area contributed by atoms with Crippen LogP contribution in [0.15, 0.2) is 24.3 Å². The molecule has 0 aliphatic carbocycles. The maximum Gasteiger partial charge on any atom is 0.0406 e. The average molecular weight is 297 g/mol. The van der Waals surface area contributed by atoms with Gasteiger partial charge in [0.25, 0.3) is 0 Å². The smallest absolute Gasteiger partial charge is 0.0406 e. The van der Waals surface area contributed by atoms with E-state index in [2.05, 4.69) is 44.9 Å². The molecular weight excluding hydrogens is 268 g/mol. The molecule has 0 aliphatic rings. The van der Waals surface area contributed by atoms with Crippen LogP contribution in [0.1, 0.15) is 58.1 Å². The van der Waals surface area contributed by atoms with Gasteiger partial charge in [-0.2, -0.15) is 0 Å². The fourth-order valence-electron chi connectivity index (χ4n) is 3.13. The van der Waals surface area contributed by atoms with Crippen molar-refractivity contribution in [3.8, 4) is 0 Å². The van der Waals surface area contributed by atoms with Gasteiger partial charge in [-0.05, 0) is 44.5 Å². The van der Waals surface area contributed by atoms with Crippen LogP contribution >= 0.6 is 11.6 Å². The lowest BCUT2D eigenvalue weighted by Crippen LogP contribution is -2.52. The molecule has 1 aromatic carbocycles. The first kappa shape index (κ1) is 17.5. The molecule has 114 valence electrons. The normalized spacial score (nSPS) is 13.8. The van der Waals surface area contributed by atoms with Crippen LogP contribution in [0.4, 0.5) is 0 Å². The van der Waals surface area contributed by atoms with Crippen LogP contribution in [0.25, 0.3) is 0 Å². The quantitative estimate of drug-likeness (QED) is 0.758. The Labute approximate surface area is 129 Å². The van der Waals surface area contributed by atoms with Crippen molar-refractivity contribution in [1.29, 1.82) is 0 Å². The molecule has 0 aliphatic heterocycles. The highest BCUT2D eigenvalue weighted by Crippen LogP contribution is 2.33. The third-order valence-electron chi connectivity index (χ3n) is 4.49. The van der Waals surface area contributed by atoms with E-state index in [0.717, 1.165) is 30.7 Å². The van der Waals surface area contributed by atoms with E-state index in [0.29, 0.717) is 12.6 Å². The van der Waals surface area contributed by atoms with Crippen molar-refractivity contribution in [3.05, 3.63) is 34.9 Å². The highest BCUT2D eigenvalue weighted by atomic mass is 35.5. The molecule has 0 heterocycles. The van der Waals surface area contributed by atoms with E-state index in [9.17, 15) is 0 Å². The van der Waals surface area contributed by atoms with E-state index in [1.54, 1.807) is 0 Å². The number of halogens is 1. The van der Waals surface area contributed by atoms with Crippen LogP contribution in [0.3, 0.4) is 0 Å². The van der Waals surface area contributed by atoms with Crippen molar-refractivity contribution in [3.63, 3.8) is 0 Å². The number of hydrogen-bond acceptors (Lipinski definition) is 2. The minimum Gasteiger partial charge on any atom is -0.329 e. The summed E-state index contributed by atoms with van der Waals surface area (Å²) in [6.07, 6.45) is 4.61. The van der Waals surface area contributed by atoms with Gasteiger partial charge in [-0.15, -0.1) is 0 Å². The zero-order valence-electron chi connectivity index (χ0n) is 13.3. The van der Waals surface area contributed by atoms with E-state index in [-0.39, 0.29) is 5.54 Å². The summed E-state index contributed by atoms with van der Waals surface area (Å²) in [5.74, 6) is 0. The van der Waals surface area contributed by atoms with Crippen molar-refractivity contribution in [2.45, 2.75) is 58.0 Å². The molecule has 0 radical (unpaired) electrons. The molecule has 2 N–H and O–H groups in total. The van der Waals surface area contributed by atoms with Crippen molar-refractivity contribution in [1.82, 2.24) is 4.90 Å². The highest BCUT2D eigenvalue weighted by molar-refractivity contribution is 6.30. The second-order valence-electron chi connectivity index (χ2n) is 5.77. The summed E-state index contributed by atoms with van der Waals surface area (Å²) in [4.78, 5) is 2.46. The van der Waals surface area contributed by atoms with Crippen LogP contribution in [-0.4, -0.2) is 24.0 Å². The van der Waals surface area contributed by atoms with Crippen molar-refractivity contribution in [2.24, 2.45) is 5.73 Å². The summed E-state index contributed by atoms with van der Waals surface area (Å²) in [6.45, 7) is 7.43. The Bertz CT molecular complexity index is 382. The first-order chi connectivity index (χ1) is 9.50. The minimum absolute atomic E-state index is 0.0998. The Morgan fingerprint density at radius 2 is 1.65 bits per heavy atom. The van der Waals surface area contributed by atoms with E-state index in [4.69, 9.17) is 17.3 Å². The Morgan fingerprint density at radius 1 is 1.15 bits per heavy atom. The molecule has 0 saturated carbocycles. The lowest BCUT2D eigenvalue weighted by atomic mass is 9.85. The lowest BCUT2D eigenvalue weighted by molar-refractivity contribution is 0.0656. The topological polar surface area (TPSA) is 29.3 Å². The first-order valence-corrected chi connectivity index (χ1v) is 8.07. The molecule has 1 aromatic rings. The molecule has 1 rings (SSSR count). The number of nitrogens with two attached hydrogens (primary N) is 1. The van der Waals surface area contributed by atoms with E-state index in [1.165, 1.54) is 5.56 Å². The highest BCUT2D eigenvalue weighted by Gasteiger charge is 2.34. The molecule has 0 saturated heterocycles. The van der Waals surface area contributed by atoms with Gasteiger partial charge in [0.15, 0.2) is 0 Å². The van der Waals surface area contributed by atoms with Gasteiger partial charge >= 0.3 is 0 Å². The minimum atomic E-state index is 0.0998. The summed E-state index contributed by atoms with van der Waals surface area (Å²) in [5.41, 5.74) is 7.55. The van der Waals surface area contributed by atoms with Crippen LogP contribution in [0.2, 0.25) is 5.02 Å². The Morgan fingerprint density at radius 3 is 2.05 bits per heavy atom. The maximum absolute atomic E-state index is 6.16. The van der Waals surface area contributed by atoms with Crippen LogP contribution in [-0.2, 0) is 0 Å². The molecule has 0 aromatic heterocycles. The van der Waals surface area contributed by atoms with Crippen LogP contribution in [0.5, 0.6) is 0 Å². The largest absolute Gasteiger partial charge is 0.329 e. The van der Waals surface area contributed by atoms with Crippen LogP contribution < -0.4 is 5.73 Å². The standard InChI is InChI=1S/C17H29ClN2/c1-5-11-17(13-19,12-6-2)20(4)14(3)15-7-9-16(18)10-8-15/h7-10,14H,5-6,11-13,19H2,1-4H3. The van der Waals surface area contributed by atoms with E-state index >= 15 is 0 Å². The van der Waals surface area contributed by atoms with Gasteiger partial charge in [-0.25, -0.2) is 0 Å². The molecule has 1 atom stereocenters. The summed E-state index contributed by atoms with van der Waals surface area (Å²) >= 11 is 5.98. The maximum atomic E-state index is 6.16. The SMILES string of the molecule is CCCC(CN)(CCC)N(C)C(C)c1ccc(Cl)cc1. The molecule has 0 amide bonds. The molecule has 2 nitrogen and oxygen atoms in total. The summed E-state index contributed by atoms with van der Waals surface area (Å²) in [7, 11) is 2.21. The fourth-order valence-corrected chi connectivity index (χ4v) is 3.26. The second-order valence-corrected chi connectivity index (χ2v) is 6.20. The predicted molar refractivity (Wildman–Crippen MR) is 89.2 cm³/mol. The number of hydrogen-bond donors (Lipinski definition) is 1. The monoisotopic (exact) mass is 296 g/mol. The molecule has 20 heavy (non-hydrogen) atoms. The van der Waals surface area contributed by atoms with E-state index in [1.807, 2.05) is 12.1 Å². The van der Waals surface area contributed by atoms with Gasteiger partial charge in [0.05, 0.1) is 0 Å². The zero-order chi connectivity index (χ0) is 15.2. The Kier molecular flexibility index (Phi) is 7.01. The fraction of sp³-hybridized carbons (Fsp3) is 0.647. The summed E-state index contributed by atoms with van der Waals surface area (Å²) in [5, 5.41) is 0.788. The molecule has 0 bridgehead atoms. The van der Waals surface area contributed by atoms with Gasteiger partial charge in [-0.1, -0.05) is 50.4 Å². The third-order valence-corrected chi connectivity index (χ3v) is 4.74. The Hall–Kier alpha value is -0.570. The van der Waals surface area contributed by atoms with Gasteiger partial charge in [0.2, 0.25) is 0 Å². The number of benzene rings is 1.